The predicted octanol–water partition coefficient (Wildman–Crippen LogP) is 5.20. The lowest BCUT2D eigenvalue weighted by Gasteiger charge is -2.45. The lowest BCUT2D eigenvalue weighted by atomic mass is 9.60. The van der Waals surface area contributed by atoms with Crippen LogP contribution in [0.2, 0.25) is 0 Å². The molecule has 2 nitrogen and oxygen atoms in total. The second kappa shape index (κ2) is 6.89. The Morgan fingerprint density at radius 1 is 1.38 bits per heavy atom. The molecule has 136 valence electrons. The molecule has 0 aliphatic heterocycles. The Balaban J connectivity index is 1.70. The molecule has 3 aliphatic carbocycles. The maximum atomic E-state index is 10.9. The molecule has 0 aromatic carbocycles. The zero-order valence-electron chi connectivity index (χ0n) is 15.2. The third-order valence-corrected chi connectivity index (χ3v) is 8.37. The molecule has 2 N–H and O–H groups in total. The number of hydrogen-bond acceptors (Lipinski definition) is 2. The molecule has 3 heteroatoms. The lowest BCUT2D eigenvalue weighted by molar-refractivity contribution is 0.0388. The summed E-state index contributed by atoms with van der Waals surface area (Å²) in [4.78, 5) is 2.18. The Kier molecular flexibility index (Phi) is 5.36. The maximum absolute atomic E-state index is 10.9. The lowest BCUT2D eigenvalue weighted by Crippen LogP contribution is -2.37. The molecular weight excluding hydrogens is 364 g/mol. The first-order valence-electron chi connectivity index (χ1n) is 9.65. The normalized spacial score (nSPS) is 38.6. The Morgan fingerprint density at radius 2 is 2.08 bits per heavy atom. The van der Waals surface area contributed by atoms with Crippen LogP contribution in [-0.4, -0.2) is 22.9 Å². The van der Waals surface area contributed by atoms with Crippen molar-refractivity contribution in [1.82, 2.24) is 0 Å². The molecule has 0 amide bonds. The Morgan fingerprint density at radius 3 is 2.67 bits per heavy atom. The van der Waals surface area contributed by atoms with Crippen LogP contribution in [0.4, 0.5) is 0 Å². The highest BCUT2D eigenvalue weighted by Crippen LogP contribution is 2.61. The van der Waals surface area contributed by atoms with E-state index in [9.17, 15) is 10.2 Å². The zero-order valence-corrected chi connectivity index (χ0v) is 16.8. The van der Waals surface area contributed by atoms with Crippen molar-refractivity contribution >= 4 is 15.9 Å². The average molecular weight is 397 g/mol. The molecule has 3 aliphatic rings. The van der Waals surface area contributed by atoms with Gasteiger partial charge in [0.2, 0.25) is 0 Å². The van der Waals surface area contributed by atoms with Crippen LogP contribution in [0.25, 0.3) is 0 Å². The molecule has 24 heavy (non-hydrogen) atoms. The van der Waals surface area contributed by atoms with Gasteiger partial charge in [-0.25, -0.2) is 0 Å². The van der Waals surface area contributed by atoms with Gasteiger partial charge in [0.05, 0.1) is 12.7 Å². The predicted molar refractivity (Wildman–Crippen MR) is 103 cm³/mol. The van der Waals surface area contributed by atoms with Gasteiger partial charge in [0.1, 0.15) is 0 Å². The summed E-state index contributed by atoms with van der Waals surface area (Å²) in [6.07, 6.45) is 8.92. The SMILES string of the molecule is C=C(CO)C1([C@@H](O)C[C@@H](C)[C@H]2CC[C@H]3/C(=C/Br)CCC[C@]23C)CC1. The Hall–Kier alpha value is -0.120. The van der Waals surface area contributed by atoms with Crippen molar-refractivity contribution < 1.29 is 10.2 Å². The number of fused-ring (bicyclic) bond motifs is 1. The maximum Gasteiger partial charge on any atom is 0.0645 e. The van der Waals surface area contributed by atoms with E-state index in [-0.39, 0.29) is 18.1 Å². The van der Waals surface area contributed by atoms with E-state index in [1.807, 2.05) is 0 Å². The summed E-state index contributed by atoms with van der Waals surface area (Å²) in [6.45, 7) is 8.85. The molecule has 0 heterocycles. The minimum absolute atomic E-state index is 0.00800. The molecule has 3 saturated carbocycles. The van der Waals surface area contributed by atoms with Crippen LogP contribution in [0.1, 0.15) is 65.2 Å². The van der Waals surface area contributed by atoms with Crippen LogP contribution < -0.4 is 0 Å². The van der Waals surface area contributed by atoms with E-state index in [1.165, 1.54) is 32.1 Å². The van der Waals surface area contributed by atoms with Crippen molar-refractivity contribution in [2.75, 3.05) is 6.61 Å². The summed E-state index contributed by atoms with van der Waals surface area (Å²) >= 11 is 3.59. The first kappa shape index (κ1) is 18.7. The smallest absolute Gasteiger partial charge is 0.0645 e. The van der Waals surface area contributed by atoms with Gasteiger partial charge in [-0.3, -0.25) is 0 Å². The van der Waals surface area contributed by atoms with Crippen molar-refractivity contribution in [3.8, 4) is 0 Å². The van der Waals surface area contributed by atoms with Gasteiger partial charge in [0.15, 0.2) is 0 Å². The van der Waals surface area contributed by atoms with Crippen molar-refractivity contribution in [2.45, 2.75) is 71.3 Å². The van der Waals surface area contributed by atoms with Gasteiger partial charge in [-0.05, 0) is 85.1 Å². The molecule has 0 aromatic heterocycles. The number of aliphatic hydroxyl groups excluding tert-OH is 2. The number of aliphatic hydroxyl groups is 2. The number of rotatable bonds is 6. The highest BCUT2D eigenvalue weighted by Gasteiger charge is 2.54. The fraction of sp³-hybridized carbons (Fsp3) is 0.810. The summed E-state index contributed by atoms with van der Waals surface area (Å²) in [5.74, 6) is 1.93. The van der Waals surface area contributed by atoms with Crippen molar-refractivity contribution in [3.05, 3.63) is 22.7 Å². The third kappa shape index (κ3) is 2.95. The van der Waals surface area contributed by atoms with Crippen molar-refractivity contribution in [1.29, 1.82) is 0 Å². The van der Waals surface area contributed by atoms with E-state index in [0.29, 0.717) is 17.3 Å². The number of hydrogen-bond donors (Lipinski definition) is 2. The van der Waals surface area contributed by atoms with E-state index in [4.69, 9.17) is 0 Å². The standard InChI is InChI=1S/C21H33BrO2/c1-14(11-19(24)21(9-10-21)15(2)13-23)17-6-7-18-16(12-22)5-4-8-20(17,18)3/h12,14,17-19,23-24H,2,4-11,13H2,1,3H3/b16-12+/t14-,17-,18+,19+,20-/m1/s1. The Bertz CT molecular complexity index is 522. The van der Waals surface area contributed by atoms with Gasteiger partial charge in [-0.15, -0.1) is 0 Å². The van der Waals surface area contributed by atoms with E-state index >= 15 is 0 Å². The van der Waals surface area contributed by atoms with E-state index < -0.39 is 0 Å². The van der Waals surface area contributed by atoms with Crippen LogP contribution in [0.15, 0.2) is 22.7 Å². The summed E-state index contributed by atoms with van der Waals surface area (Å²) in [5, 5.41) is 20.3. The van der Waals surface area contributed by atoms with Crippen LogP contribution in [0.5, 0.6) is 0 Å². The van der Waals surface area contributed by atoms with Gasteiger partial charge < -0.3 is 10.2 Å². The molecule has 0 saturated heterocycles. The second-order valence-electron chi connectivity index (χ2n) is 8.93. The molecule has 3 rings (SSSR count). The highest BCUT2D eigenvalue weighted by atomic mass is 79.9. The van der Waals surface area contributed by atoms with Crippen LogP contribution in [0, 0.1) is 28.6 Å². The van der Waals surface area contributed by atoms with E-state index in [1.54, 1.807) is 5.57 Å². The second-order valence-corrected chi connectivity index (χ2v) is 9.38. The third-order valence-electron chi connectivity index (χ3n) is 7.78. The summed E-state index contributed by atoms with van der Waals surface area (Å²) in [6, 6.07) is 0. The topological polar surface area (TPSA) is 40.5 Å². The first-order chi connectivity index (χ1) is 11.4. The van der Waals surface area contributed by atoms with Gasteiger partial charge in [0, 0.05) is 5.41 Å². The fourth-order valence-corrected chi connectivity index (χ4v) is 6.65. The largest absolute Gasteiger partial charge is 0.392 e. The molecule has 3 fully saturated rings. The fourth-order valence-electron chi connectivity index (χ4n) is 6.10. The Labute approximate surface area is 155 Å². The number of halogens is 1. The highest BCUT2D eigenvalue weighted by molar-refractivity contribution is 9.11. The van der Waals surface area contributed by atoms with Crippen LogP contribution >= 0.6 is 15.9 Å². The minimum atomic E-state index is -0.343. The van der Waals surface area contributed by atoms with Crippen LogP contribution in [-0.2, 0) is 0 Å². The van der Waals surface area contributed by atoms with Gasteiger partial charge >= 0.3 is 0 Å². The zero-order chi connectivity index (χ0) is 17.5. The van der Waals surface area contributed by atoms with Crippen molar-refractivity contribution in [2.24, 2.45) is 28.6 Å². The van der Waals surface area contributed by atoms with Crippen molar-refractivity contribution in [3.63, 3.8) is 0 Å². The monoisotopic (exact) mass is 396 g/mol. The number of allylic oxidation sites excluding steroid dienone is 1. The molecule has 0 radical (unpaired) electrons. The van der Waals surface area contributed by atoms with Crippen LogP contribution in [0.3, 0.4) is 0 Å². The minimum Gasteiger partial charge on any atom is -0.392 e. The summed E-state index contributed by atoms with van der Waals surface area (Å²) < 4.78 is 0. The molecular formula is C21H33BrO2. The molecule has 5 atom stereocenters. The summed E-state index contributed by atoms with van der Waals surface area (Å²) in [7, 11) is 0. The molecule has 0 aromatic rings. The van der Waals surface area contributed by atoms with Gasteiger partial charge in [-0.1, -0.05) is 41.9 Å². The van der Waals surface area contributed by atoms with Gasteiger partial charge in [0.25, 0.3) is 0 Å². The molecule has 0 unspecified atom stereocenters. The van der Waals surface area contributed by atoms with E-state index in [0.717, 1.165) is 30.8 Å². The molecule has 0 spiro atoms. The average Bonchev–Trinajstić information content (AvgIpc) is 3.30. The molecule has 0 bridgehead atoms. The first-order valence-corrected chi connectivity index (χ1v) is 10.6. The van der Waals surface area contributed by atoms with Gasteiger partial charge in [-0.2, -0.15) is 0 Å². The quantitative estimate of drug-likeness (QED) is 0.605. The van der Waals surface area contributed by atoms with E-state index in [2.05, 4.69) is 41.3 Å². The summed E-state index contributed by atoms with van der Waals surface area (Å²) in [5.41, 5.74) is 2.64.